The van der Waals surface area contributed by atoms with Crippen LogP contribution in [0.3, 0.4) is 0 Å². The lowest BCUT2D eigenvalue weighted by Crippen LogP contribution is -2.27. The molecule has 0 saturated carbocycles. The summed E-state index contributed by atoms with van der Waals surface area (Å²) in [7, 11) is 0. The van der Waals surface area contributed by atoms with Crippen LogP contribution in [0.25, 0.3) is 0 Å². The number of halogens is 4. The predicted octanol–water partition coefficient (Wildman–Crippen LogP) is 6.30. The highest BCUT2D eigenvalue weighted by Crippen LogP contribution is 2.40. The van der Waals surface area contributed by atoms with Gasteiger partial charge in [-0.2, -0.15) is 13.2 Å². The van der Waals surface area contributed by atoms with Crippen LogP contribution in [0.4, 0.5) is 23.7 Å². The quantitative estimate of drug-likeness (QED) is 0.517. The van der Waals surface area contributed by atoms with Gasteiger partial charge in [-0.15, -0.1) is 0 Å². The zero-order valence-corrected chi connectivity index (χ0v) is 18.5. The number of hydrogen-bond acceptors (Lipinski definition) is 4. The first-order valence-corrected chi connectivity index (χ1v) is 9.93. The third kappa shape index (κ3) is 6.12. The maximum Gasteiger partial charge on any atom is 0.416 e. The number of nitrogens with one attached hydrogen (secondary N) is 1. The average Bonchev–Trinajstić information content (AvgIpc) is 2.61. The smallest absolute Gasteiger partial charge is 0.416 e. The van der Waals surface area contributed by atoms with Crippen molar-refractivity contribution < 1.29 is 32.5 Å². The van der Waals surface area contributed by atoms with Gasteiger partial charge in [0.1, 0.15) is 17.5 Å². The molecule has 2 rings (SSSR count). The Morgan fingerprint density at radius 2 is 1.83 bits per heavy atom. The number of amides is 1. The van der Waals surface area contributed by atoms with Crippen LogP contribution >= 0.6 is 15.9 Å². The molecule has 2 aromatic carbocycles. The third-order valence-electron chi connectivity index (χ3n) is 3.90. The van der Waals surface area contributed by atoms with E-state index in [2.05, 4.69) is 21.2 Å². The van der Waals surface area contributed by atoms with E-state index in [9.17, 15) is 23.1 Å². The van der Waals surface area contributed by atoms with Crippen LogP contribution in [0.2, 0.25) is 0 Å². The molecule has 0 spiro atoms. The highest BCUT2D eigenvalue weighted by Gasteiger charge is 2.32. The summed E-state index contributed by atoms with van der Waals surface area (Å²) < 4.78 is 50.9. The molecule has 0 aliphatic heterocycles. The van der Waals surface area contributed by atoms with Gasteiger partial charge in [0.25, 0.3) is 0 Å². The summed E-state index contributed by atoms with van der Waals surface area (Å²) in [6, 6.07) is 7.55. The van der Waals surface area contributed by atoms with Crippen LogP contribution in [0.15, 0.2) is 40.9 Å². The number of rotatable bonds is 5. The lowest BCUT2D eigenvalue weighted by Gasteiger charge is -2.23. The van der Waals surface area contributed by atoms with E-state index in [1.165, 1.54) is 0 Å². The van der Waals surface area contributed by atoms with Crippen molar-refractivity contribution >= 4 is 27.7 Å². The molecule has 1 amide bonds. The molecule has 0 fully saturated rings. The molecule has 1 atom stereocenters. The Labute approximate surface area is 181 Å². The van der Waals surface area contributed by atoms with Crippen molar-refractivity contribution in [2.45, 2.75) is 45.6 Å². The molecule has 164 valence electrons. The summed E-state index contributed by atoms with van der Waals surface area (Å²) in [5.41, 5.74) is -1.61. The van der Waals surface area contributed by atoms with Gasteiger partial charge < -0.3 is 14.6 Å². The lowest BCUT2D eigenvalue weighted by molar-refractivity contribution is -0.137. The van der Waals surface area contributed by atoms with E-state index >= 15 is 0 Å². The first-order chi connectivity index (χ1) is 13.8. The van der Waals surface area contributed by atoms with Crippen molar-refractivity contribution in [2.75, 3.05) is 11.9 Å². The number of carbonyl (C=O) groups excluding carboxylic acids is 1. The molecule has 0 heterocycles. The zero-order chi connectivity index (χ0) is 22.7. The van der Waals surface area contributed by atoms with Crippen molar-refractivity contribution in [3.05, 3.63) is 57.6 Å². The van der Waals surface area contributed by atoms with Gasteiger partial charge in [0.2, 0.25) is 0 Å². The molecule has 2 aromatic rings. The van der Waals surface area contributed by atoms with Crippen molar-refractivity contribution in [3.8, 4) is 5.75 Å². The average molecular weight is 490 g/mol. The molecule has 2 N–H and O–H groups in total. The largest absolute Gasteiger partial charge is 0.493 e. The summed E-state index contributed by atoms with van der Waals surface area (Å²) in [5.74, 6) is 0.433. The van der Waals surface area contributed by atoms with Crippen molar-refractivity contribution in [3.63, 3.8) is 0 Å². The van der Waals surface area contributed by atoms with Gasteiger partial charge in [-0.3, -0.25) is 5.32 Å². The number of hydrogen-bond donors (Lipinski definition) is 2. The number of benzene rings is 2. The van der Waals surface area contributed by atoms with E-state index in [1.54, 1.807) is 45.9 Å². The number of aliphatic hydroxyl groups excluding tert-OH is 1. The normalized spacial score (nSPS) is 13.0. The Morgan fingerprint density at radius 3 is 2.40 bits per heavy atom. The van der Waals surface area contributed by atoms with Crippen molar-refractivity contribution in [2.24, 2.45) is 0 Å². The van der Waals surface area contributed by atoms with E-state index in [0.717, 1.165) is 18.2 Å². The van der Waals surface area contributed by atoms with E-state index in [4.69, 9.17) is 9.47 Å². The van der Waals surface area contributed by atoms with E-state index in [1.807, 2.05) is 0 Å². The number of alkyl halides is 3. The third-order valence-corrected chi connectivity index (χ3v) is 4.75. The summed E-state index contributed by atoms with van der Waals surface area (Å²) in [6.45, 7) is 7.13. The summed E-state index contributed by atoms with van der Waals surface area (Å²) in [6.07, 6.45) is -6.95. The Kier molecular flexibility index (Phi) is 7.41. The minimum absolute atomic E-state index is 0.00142. The second-order valence-corrected chi connectivity index (χ2v) is 8.21. The molecule has 0 aliphatic rings. The second kappa shape index (κ2) is 9.26. The van der Waals surface area contributed by atoms with Gasteiger partial charge in [0.05, 0.1) is 22.3 Å². The minimum atomic E-state index is -4.62. The monoisotopic (exact) mass is 489 g/mol. The van der Waals surface area contributed by atoms with E-state index in [0.29, 0.717) is 16.8 Å². The summed E-state index contributed by atoms with van der Waals surface area (Å²) in [5, 5.41) is 13.4. The Hall–Kier alpha value is -2.26. The molecule has 9 heteroatoms. The number of aliphatic hydroxyl groups is 1. The predicted molar refractivity (Wildman–Crippen MR) is 111 cm³/mol. The topological polar surface area (TPSA) is 67.8 Å². The minimum Gasteiger partial charge on any atom is -0.493 e. The van der Waals surface area contributed by atoms with E-state index in [-0.39, 0.29) is 16.8 Å². The highest BCUT2D eigenvalue weighted by molar-refractivity contribution is 9.10. The van der Waals surface area contributed by atoms with Crippen LogP contribution in [0.5, 0.6) is 5.75 Å². The van der Waals surface area contributed by atoms with Crippen LogP contribution < -0.4 is 10.1 Å². The molecule has 1 unspecified atom stereocenters. The summed E-state index contributed by atoms with van der Waals surface area (Å²) in [4.78, 5) is 12.2. The molecular weight excluding hydrogens is 467 g/mol. The lowest BCUT2D eigenvalue weighted by atomic mass is 9.97. The van der Waals surface area contributed by atoms with Gasteiger partial charge in [0.15, 0.2) is 0 Å². The number of carbonyl (C=O) groups is 1. The fraction of sp³-hybridized carbons (Fsp3) is 0.381. The molecule has 0 saturated heterocycles. The van der Waals surface area contributed by atoms with Gasteiger partial charge in [-0.25, -0.2) is 4.79 Å². The Balaban J connectivity index is 2.52. The van der Waals surface area contributed by atoms with Gasteiger partial charge in [0, 0.05) is 11.1 Å². The van der Waals surface area contributed by atoms with Gasteiger partial charge in [-0.05, 0) is 67.9 Å². The Morgan fingerprint density at radius 1 is 1.17 bits per heavy atom. The fourth-order valence-corrected chi connectivity index (χ4v) is 3.26. The molecule has 0 bridgehead atoms. The van der Waals surface area contributed by atoms with Crippen LogP contribution in [-0.4, -0.2) is 23.4 Å². The Bertz CT molecular complexity index is 910. The molecule has 0 radical (unpaired) electrons. The van der Waals surface area contributed by atoms with E-state index < -0.39 is 29.5 Å². The molecule has 0 aliphatic carbocycles. The van der Waals surface area contributed by atoms with Crippen LogP contribution in [0, 0.1) is 0 Å². The molecule has 5 nitrogen and oxygen atoms in total. The second-order valence-electron chi connectivity index (χ2n) is 7.42. The van der Waals surface area contributed by atoms with Crippen molar-refractivity contribution in [1.29, 1.82) is 0 Å². The van der Waals surface area contributed by atoms with Gasteiger partial charge in [-0.1, -0.05) is 12.1 Å². The maximum absolute atomic E-state index is 13.3. The SMILES string of the molecule is CCOc1cccc(C(O)c2cc(C(F)(F)F)ccc2NC(=O)OC(C)(C)C)c1Br. The zero-order valence-electron chi connectivity index (χ0n) is 16.9. The molecule has 0 aromatic heterocycles. The highest BCUT2D eigenvalue weighted by atomic mass is 79.9. The summed E-state index contributed by atoms with van der Waals surface area (Å²) >= 11 is 3.33. The molecule has 30 heavy (non-hydrogen) atoms. The van der Waals surface area contributed by atoms with Crippen LogP contribution in [-0.2, 0) is 10.9 Å². The van der Waals surface area contributed by atoms with Crippen molar-refractivity contribution in [1.82, 2.24) is 0 Å². The number of anilines is 1. The maximum atomic E-state index is 13.3. The fourth-order valence-electron chi connectivity index (χ4n) is 2.67. The standard InChI is InChI=1S/C21H23BrF3NO4/c1-5-29-16-8-6-7-13(17(16)22)18(27)14-11-12(21(23,24)25)9-10-15(14)26-19(28)30-20(2,3)4/h6-11,18,27H,5H2,1-4H3,(H,26,28). The number of ether oxygens (including phenoxy) is 2. The van der Waals surface area contributed by atoms with Crippen LogP contribution in [0.1, 0.15) is 50.5 Å². The van der Waals surface area contributed by atoms with Gasteiger partial charge >= 0.3 is 12.3 Å². The first kappa shape index (κ1) is 24.0. The molecular formula is C21H23BrF3NO4. The first-order valence-electron chi connectivity index (χ1n) is 9.14.